The molecule has 0 saturated heterocycles. The van der Waals surface area contributed by atoms with E-state index in [2.05, 4.69) is 17.2 Å². The van der Waals surface area contributed by atoms with E-state index in [1.807, 2.05) is 0 Å². The highest BCUT2D eigenvalue weighted by Gasteiger charge is 2.20. The van der Waals surface area contributed by atoms with E-state index in [0.29, 0.717) is 18.7 Å². The average molecular weight is 391 g/mol. The highest BCUT2D eigenvalue weighted by atomic mass is 32.2. The predicted molar refractivity (Wildman–Crippen MR) is 101 cm³/mol. The summed E-state index contributed by atoms with van der Waals surface area (Å²) in [4.78, 5) is 23.1. The van der Waals surface area contributed by atoms with E-state index in [4.69, 9.17) is 4.42 Å². The van der Waals surface area contributed by atoms with Crippen molar-refractivity contribution < 1.29 is 22.4 Å². The third kappa shape index (κ3) is 5.53. The van der Waals surface area contributed by atoms with Gasteiger partial charge in [0, 0.05) is 25.8 Å². The van der Waals surface area contributed by atoms with Crippen molar-refractivity contribution in [1.82, 2.24) is 9.62 Å². The second-order valence-electron chi connectivity index (χ2n) is 5.63. The number of anilines is 1. The summed E-state index contributed by atoms with van der Waals surface area (Å²) in [5.41, 5.74) is 0.449. The molecule has 0 aliphatic rings. The maximum atomic E-state index is 12.6. The zero-order valence-corrected chi connectivity index (χ0v) is 15.7. The fourth-order valence-electron chi connectivity index (χ4n) is 2.20. The number of rotatable bonds is 9. The summed E-state index contributed by atoms with van der Waals surface area (Å²) in [5.74, 6) is -0.558. The fourth-order valence-corrected chi connectivity index (χ4v) is 3.41. The second-order valence-corrected chi connectivity index (χ2v) is 7.68. The molecule has 144 valence electrons. The third-order valence-corrected chi connectivity index (χ3v) is 5.57. The summed E-state index contributed by atoms with van der Waals surface area (Å²) >= 11 is 0. The molecule has 0 aliphatic heterocycles. The van der Waals surface area contributed by atoms with E-state index in [-0.39, 0.29) is 23.1 Å². The number of carbonyl (C=O) groups excluding carboxylic acids is 2. The molecule has 1 heterocycles. The molecule has 0 atom stereocenters. The molecule has 2 amide bonds. The van der Waals surface area contributed by atoms with Gasteiger partial charge in [-0.25, -0.2) is 12.7 Å². The first-order valence-electron chi connectivity index (χ1n) is 8.16. The first-order chi connectivity index (χ1) is 12.8. The van der Waals surface area contributed by atoms with Crippen molar-refractivity contribution in [3.05, 3.63) is 61.1 Å². The minimum Gasteiger partial charge on any atom is -0.459 e. The molecule has 0 radical (unpaired) electrons. The fraction of sp³-hybridized carbons (Fsp3) is 0.222. The maximum Gasteiger partial charge on any atom is 0.291 e. The number of amides is 2. The van der Waals surface area contributed by atoms with Gasteiger partial charge in [-0.2, -0.15) is 0 Å². The Kier molecular flexibility index (Phi) is 6.91. The summed E-state index contributed by atoms with van der Waals surface area (Å²) < 4.78 is 31.3. The van der Waals surface area contributed by atoms with E-state index in [1.165, 1.54) is 47.9 Å². The smallest absolute Gasteiger partial charge is 0.291 e. The van der Waals surface area contributed by atoms with E-state index >= 15 is 0 Å². The van der Waals surface area contributed by atoms with Crippen molar-refractivity contribution in [3.63, 3.8) is 0 Å². The lowest BCUT2D eigenvalue weighted by atomic mass is 10.3. The van der Waals surface area contributed by atoms with E-state index in [0.717, 1.165) is 6.08 Å². The number of hydrogen-bond acceptors (Lipinski definition) is 5. The van der Waals surface area contributed by atoms with Crippen LogP contribution in [-0.4, -0.2) is 44.7 Å². The molecule has 0 spiro atoms. The van der Waals surface area contributed by atoms with Crippen LogP contribution in [-0.2, 0) is 14.8 Å². The van der Waals surface area contributed by atoms with Crippen LogP contribution in [0.1, 0.15) is 17.0 Å². The topological polar surface area (TPSA) is 109 Å². The third-order valence-electron chi connectivity index (χ3n) is 3.70. The Morgan fingerprint density at radius 1 is 1.22 bits per heavy atom. The summed E-state index contributed by atoms with van der Waals surface area (Å²) in [5, 5.41) is 5.21. The lowest BCUT2D eigenvalue weighted by Gasteiger charge is -2.17. The number of carbonyl (C=O) groups is 2. The zero-order valence-electron chi connectivity index (χ0n) is 14.8. The Bertz CT molecular complexity index is 890. The normalized spacial score (nSPS) is 11.2. The molecule has 8 nitrogen and oxygen atoms in total. The van der Waals surface area contributed by atoms with Crippen molar-refractivity contribution in [2.24, 2.45) is 0 Å². The number of benzene rings is 1. The van der Waals surface area contributed by atoms with Gasteiger partial charge < -0.3 is 15.1 Å². The Labute approximate surface area is 157 Å². The second kappa shape index (κ2) is 9.15. The lowest BCUT2D eigenvalue weighted by Crippen LogP contribution is -2.31. The standard InChI is InChI=1S/C18H21N3O5S/c1-3-17(22)19-11-5-12-21(2)27(24,25)15-9-7-14(8-10-15)20-18(23)16-6-4-13-26-16/h3-4,6-10,13H,1,5,11-12H2,2H3,(H,19,22)(H,20,23). The van der Waals surface area contributed by atoms with Gasteiger partial charge in [0.15, 0.2) is 5.76 Å². The van der Waals surface area contributed by atoms with Gasteiger partial charge in [-0.3, -0.25) is 9.59 Å². The first-order valence-corrected chi connectivity index (χ1v) is 9.60. The Morgan fingerprint density at radius 2 is 1.93 bits per heavy atom. The van der Waals surface area contributed by atoms with Crippen LogP contribution in [0.5, 0.6) is 0 Å². The zero-order chi connectivity index (χ0) is 19.9. The maximum absolute atomic E-state index is 12.6. The molecule has 2 rings (SSSR count). The predicted octanol–water partition coefficient (Wildman–Crippen LogP) is 1.84. The number of hydrogen-bond donors (Lipinski definition) is 2. The molecule has 9 heteroatoms. The Hall–Kier alpha value is -2.91. The van der Waals surface area contributed by atoms with E-state index < -0.39 is 15.9 Å². The number of nitrogens with zero attached hydrogens (tertiary/aromatic N) is 1. The minimum absolute atomic E-state index is 0.108. The first kappa shape index (κ1) is 20.4. The van der Waals surface area contributed by atoms with Crippen molar-refractivity contribution in [2.45, 2.75) is 11.3 Å². The molecule has 0 aliphatic carbocycles. The number of furan rings is 1. The van der Waals surface area contributed by atoms with Crippen LogP contribution in [0.4, 0.5) is 5.69 Å². The monoisotopic (exact) mass is 391 g/mol. The number of nitrogens with one attached hydrogen (secondary N) is 2. The van der Waals surface area contributed by atoms with Crippen LogP contribution >= 0.6 is 0 Å². The van der Waals surface area contributed by atoms with Gasteiger partial charge in [-0.1, -0.05) is 6.58 Å². The summed E-state index contributed by atoms with van der Waals surface area (Å²) in [6.07, 6.45) is 3.02. The Balaban J connectivity index is 1.94. The molecule has 0 bridgehead atoms. The summed E-state index contributed by atoms with van der Waals surface area (Å²) in [6.45, 7) is 3.94. The van der Waals surface area contributed by atoms with Gasteiger partial charge in [0.25, 0.3) is 5.91 Å². The van der Waals surface area contributed by atoms with Crippen molar-refractivity contribution in [3.8, 4) is 0 Å². The van der Waals surface area contributed by atoms with Gasteiger partial charge in [0.05, 0.1) is 11.2 Å². The van der Waals surface area contributed by atoms with E-state index in [1.54, 1.807) is 6.07 Å². The molecule has 1 aromatic heterocycles. The van der Waals surface area contributed by atoms with Crippen LogP contribution < -0.4 is 10.6 Å². The molecular weight excluding hydrogens is 370 g/mol. The highest BCUT2D eigenvalue weighted by molar-refractivity contribution is 7.89. The van der Waals surface area contributed by atoms with Crippen molar-refractivity contribution in [1.29, 1.82) is 0 Å². The van der Waals surface area contributed by atoms with Crippen LogP contribution in [0.15, 0.2) is 64.6 Å². The molecule has 0 unspecified atom stereocenters. The molecule has 27 heavy (non-hydrogen) atoms. The van der Waals surface area contributed by atoms with Gasteiger partial charge in [-0.05, 0) is 48.9 Å². The van der Waals surface area contributed by atoms with Crippen LogP contribution in [0.25, 0.3) is 0 Å². The van der Waals surface area contributed by atoms with Gasteiger partial charge in [0.2, 0.25) is 15.9 Å². The van der Waals surface area contributed by atoms with Crippen LogP contribution in [0, 0.1) is 0 Å². The van der Waals surface area contributed by atoms with Gasteiger partial charge in [0.1, 0.15) is 0 Å². The Morgan fingerprint density at radius 3 is 2.52 bits per heavy atom. The highest BCUT2D eigenvalue weighted by Crippen LogP contribution is 2.18. The molecule has 2 aromatic rings. The van der Waals surface area contributed by atoms with E-state index in [9.17, 15) is 18.0 Å². The molecule has 0 fully saturated rings. The number of sulfonamides is 1. The molecular formula is C18H21N3O5S. The molecule has 1 aromatic carbocycles. The molecule has 0 saturated carbocycles. The van der Waals surface area contributed by atoms with Gasteiger partial charge >= 0.3 is 0 Å². The van der Waals surface area contributed by atoms with Crippen LogP contribution in [0.2, 0.25) is 0 Å². The quantitative estimate of drug-likeness (QED) is 0.501. The summed E-state index contributed by atoms with van der Waals surface area (Å²) in [6, 6.07) is 8.98. The largest absolute Gasteiger partial charge is 0.459 e. The van der Waals surface area contributed by atoms with Crippen LogP contribution in [0.3, 0.4) is 0 Å². The van der Waals surface area contributed by atoms with Crippen molar-refractivity contribution in [2.75, 3.05) is 25.5 Å². The minimum atomic E-state index is -3.66. The molecule has 2 N–H and O–H groups in total. The lowest BCUT2D eigenvalue weighted by molar-refractivity contribution is -0.116. The van der Waals surface area contributed by atoms with Gasteiger partial charge in [-0.15, -0.1) is 0 Å². The SMILES string of the molecule is C=CC(=O)NCCCN(C)S(=O)(=O)c1ccc(NC(=O)c2ccco2)cc1. The average Bonchev–Trinajstić information content (AvgIpc) is 3.20. The van der Waals surface area contributed by atoms with Crippen molar-refractivity contribution >= 4 is 27.5 Å². The summed E-state index contributed by atoms with van der Waals surface area (Å²) in [7, 11) is -2.19.